The lowest BCUT2D eigenvalue weighted by atomic mass is 10.0. The van der Waals surface area contributed by atoms with Crippen LogP contribution in [0, 0.1) is 0 Å². The fraction of sp³-hybridized carbons (Fsp3) is 0.625. The van der Waals surface area contributed by atoms with E-state index < -0.39 is 0 Å². The van der Waals surface area contributed by atoms with Crippen LogP contribution in [0.1, 0.15) is 30.4 Å². The van der Waals surface area contributed by atoms with Crippen molar-refractivity contribution in [2.75, 3.05) is 27.2 Å². The molecule has 3 nitrogen and oxygen atoms in total. The molecule has 1 fully saturated rings. The summed E-state index contributed by atoms with van der Waals surface area (Å²) >= 11 is 0. The standard InChI is InChI=1S/C16H26N2O/c1-17-11-14-6-5-7-15(10-14)12-19-13-16-8-3-4-9-18(16)2/h5-7,10,16-17H,3-4,8-9,11-13H2,1-2H3. The monoisotopic (exact) mass is 262 g/mol. The molecule has 0 saturated carbocycles. The summed E-state index contributed by atoms with van der Waals surface area (Å²) in [5.74, 6) is 0. The minimum atomic E-state index is 0.606. The van der Waals surface area contributed by atoms with E-state index in [1.807, 2.05) is 7.05 Å². The van der Waals surface area contributed by atoms with Crippen LogP contribution < -0.4 is 5.32 Å². The fourth-order valence-corrected chi connectivity index (χ4v) is 2.70. The summed E-state index contributed by atoms with van der Waals surface area (Å²) < 4.78 is 5.90. The van der Waals surface area contributed by atoms with Gasteiger partial charge in [-0.05, 0) is 44.6 Å². The van der Waals surface area contributed by atoms with Crippen molar-refractivity contribution in [2.24, 2.45) is 0 Å². The lowest BCUT2D eigenvalue weighted by Gasteiger charge is -2.32. The second-order valence-electron chi connectivity index (χ2n) is 5.50. The van der Waals surface area contributed by atoms with E-state index in [-0.39, 0.29) is 0 Å². The van der Waals surface area contributed by atoms with Crippen LogP contribution in [0.25, 0.3) is 0 Å². The van der Waals surface area contributed by atoms with Gasteiger partial charge in [-0.15, -0.1) is 0 Å². The zero-order valence-corrected chi connectivity index (χ0v) is 12.2. The maximum atomic E-state index is 5.90. The van der Waals surface area contributed by atoms with Crippen molar-refractivity contribution in [1.29, 1.82) is 0 Å². The van der Waals surface area contributed by atoms with Crippen molar-refractivity contribution in [3.05, 3.63) is 35.4 Å². The average molecular weight is 262 g/mol. The Morgan fingerprint density at radius 1 is 1.32 bits per heavy atom. The van der Waals surface area contributed by atoms with Crippen molar-refractivity contribution in [3.63, 3.8) is 0 Å². The Morgan fingerprint density at radius 2 is 2.16 bits per heavy atom. The van der Waals surface area contributed by atoms with Crippen molar-refractivity contribution < 1.29 is 4.74 Å². The third-order valence-corrected chi connectivity index (χ3v) is 3.87. The van der Waals surface area contributed by atoms with Gasteiger partial charge in [0, 0.05) is 12.6 Å². The number of hydrogen-bond donors (Lipinski definition) is 1. The third kappa shape index (κ3) is 4.60. The van der Waals surface area contributed by atoms with Gasteiger partial charge in [-0.2, -0.15) is 0 Å². The van der Waals surface area contributed by atoms with E-state index in [1.54, 1.807) is 0 Å². The smallest absolute Gasteiger partial charge is 0.0717 e. The SMILES string of the molecule is CNCc1cccc(COCC2CCCCN2C)c1. The molecule has 1 saturated heterocycles. The molecule has 0 bridgehead atoms. The van der Waals surface area contributed by atoms with Crippen molar-refractivity contribution >= 4 is 0 Å². The Balaban J connectivity index is 1.77. The Kier molecular flexibility index (Phi) is 5.83. The van der Waals surface area contributed by atoms with Gasteiger partial charge in [0.15, 0.2) is 0 Å². The highest BCUT2D eigenvalue weighted by Gasteiger charge is 2.18. The Labute approximate surface area is 116 Å². The Bertz CT molecular complexity index is 381. The second-order valence-corrected chi connectivity index (χ2v) is 5.50. The maximum absolute atomic E-state index is 5.90. The Hall–Kier alpha value is -0.900. The summed E-state index contributed by atoms with van der Waals surface area (Å²) in [6.45, 7) is 3.71. The highest BCUT2D eigenvalue weighted by Crippen LogP contribution is 2.16. The molecule has 1 aliphatic heterocycles. The van der Waals surface area contributed by atoms with Gasteiger partial charge in [0.05, 0.1) is 13.2 Å². The molecular formula is C16H26N2O. The van der Waals surface area contributed by atoms with Gasteiger partial charge in [0.2, 0.25) is 0 Å². The van der Waals surface area contributed by atoms with E-state index in [1.165, 1.54) is 36.9 Å². The van der Waals surface area contributed by atoms with Gasteiger partial charge in [0.25, 0.3) is 0 Å². The zero-order valence-electron chi connectivity index (χ0n) is 12.2. The van der Waals surface area contributed by atoms with Crippen LogP contribution in [0.4, 0.5) is 0 Å². The normalized spacial score (nSPS) is 20.6. The number of benzene rings is 1. The first-order valence-electron chi connectivity index (χ1n) is 7.30. The highest BCUT2D eigenvalue weighted by molar-refractivity contribution is 5.22. The Morgan fingerprint density at radius 3 is 2.95 bits per heavy atom. The maximum Gasteiger partial charge on any atom is 0.0717 e. The number of nitrogens with one attached hydrogen (secondary N) is 1. The molecule has 0 spiro atoms. The lowest BCUT2D eigenvalue weighted by molar-refractivity contribution is 0.0444. The summed E-state index contributed by atoms with van der Waals surface area (Å²) in [5.41, 5.74) is 2.59. The number of nitrogens with zero attached hydrogens (tertiary/aromatic N) is 1. The van der Waals surface area contributed by atoms with Crippen LogP contribution in [-0.4, -0.2) is 38.2 Å². The van der Waals surface area contributed by atoms with E-state index in [0.29, 0.717) is 6.04 Å². The molecule has 1 aliphatic rings. The molecule has 1 aromatic rings. The molecule has 1 N–H and O–H groups in total. The summed E-state index contributed by atoms with van der Waals surface area (Å²) in [6.07, 6.45) is 3.95. The number of ether oxygens (including phenoxy) is 1. The van der Waals surface area contributed by atoms with Crippen LogP contribution in [0.15, 0.2) is 24.3 Å². The largest absolute Gasteiger partial charge is 0.375 e. The van der Waals surface area contributed by atoms with Crippen LogP contribution in [0.2, 0.25) is 0 Å². The minimum Gasteiger partial charge on any atom is -0.375 e. The predicted molar refractivity (Wildman–Crippen MR) is 79.1 cm³/mol. The molecule has 1 atom stereocenters. The van der Waals surface area contributed by atoms with E-state index in [2.05, 4.69) is 41.5 Å². The first kappa shape index (κ1) is 14.5. The number of likely N-dealkylation sites (tertiary alicyclic amines) is 1. The molecule has 0 radical (unpaired) electrons. The third-order valence-electron chi connectivity index (χ3n) is 3.87. The van der Waals surface area contributed by atoms with Gasteiger partial charge in [-0.3, -0.25) is 0 Å². The molecule has 2 rings (SSSR count). The van der Waals surface area contributed by atoms with Gasteiger partial charge >= 0.3 is 0 Å². The lowest BCUT2D eigenvalue weighted by Crippen LogP contribution is -2.39. The quantitative estimate of drug-likeness (QED) is 0.852. The van der Waals surface area contributed by atoms with E-state index in [0.717, 1.165) is 19.8 Å². The molecule has 0 amide bonds. The molecular weight excluding hydrogens is 236 g/mol. The second kappa shape index (κ2) is 7.63. The zero-order chi connectivity index (χ0) is 13.5. The average Bonchev–Trinajstić information content (AvgIpc) is 2.42. The molecule has 1 unspecified atom stereocenters. The topological polar surface area (TPSA) is 24.5 Å². The molecule has 0 aliphatic carbocycles. The molecule has 1 heterocycles. The van der Waals surface area contributed by atoms with Crippen molar-refractivity contribution in [3.8, 4) is 0 Å². The first-order valence-corrected chi connectivity index (χ1v) is 7.30. The molecule has 1 aromatic carbocycles. The van der Waals surface area contributed by atoms with Crippen LogP contribution >= 0.6 is 0 Å². The van der Waals surface area contributed by atoms with E-state index in [4.69, 9.17) is 4.74 Å². The van der Waals surface area contributed by atoms with Gasteiger partial charge in [-0.1, -0.05) is 30.7 Å². The predicted octanol–water partition coefficient (Wildman–Crippen LogP) is 2.41. The van der Waals surface area contributed by atoms with Crippen LogP contribution in [0.5, 0.6) is 0 Å². The van der Waals surface area contributed by atoms with E-state index in [9.17, 15) is 0 Å². The van der Waals surface area contributed by atoms with Gasteiger partial charge < -0.3 is 15.0 Å². The fourth-order valence-electron chi connectivity index (χ4n) is 2.70. The van der Waals surface area contributed by atoms with E-state index >= 15 is 0 Å². The van der Waals surface area contributed by atoms with Crippen LogP contribution in [0.3, 0.4) is 0 Å². The van der Waals surface area contributed by atoms with Gasteiger partial charge in [-0.25, -0.2) is 0 Å². The molecule has 106 valence electrons. The number of piperidine rings is 1. The molecule has 19 heavy (non-hydrogen) atoms. The summed E-state index contributed by atoms with van der Waals surface area (Å²) in [6, 6.07) is 9.23. The van der Waals surface area contributed by atoms with Crippen LogP contribution in [-0.2, 0) is 17.9 Å². The summed E-state index contributed by atoms with van der Waals surface area (Å²) in [7, 11) is 4.18. The molecule has 3 heteroatoms. The van der Waals surface area contributed by atoms with Gasteiger partial charge in [0.1, 0.15) is 0 Å². The summed E-state index contributed by atoms with van der Waals surface area (Å²) in [5, 5.41) is 3.18. The number of rotatable bonds is 6. The summed E-state index contributed by atoms with van der Waals surface area (Å²) in [4.78, 5) is 2.43. The number of hydrogen-bond acceptors (Lipinski definition) is 3. The van der Waals surface area contributed by atoms with Crippen molar-refractivity contribution in [1.82, 2.24) is 10.2 Å². The molecule has 0 aromatic heterocycles. The number of likely N-dealkylation sites (N-methyl/N-ethyl adjacent to an activating group) is 1. The van der Waals surface area contributed by atoms with Crippen molar-refractivity contribution in [2.45, 2.75) is 38.5 Å². The first-order chi connectivity index (χ1) is 9.29. The highest BCUT2D eigenvalue weighted by atomic mass is 16.5. The minimum absolute atomic E-state index is 0.606.